The molecule has 26 heavy (non-hydrogen) atoms. The molecule has 1 heterocycles. The topological polar surface area (TPSA) is 112 Å². The number of rotatable bonds is 7. The van der Waals surface area contributed by atoms with E-state index >= 15 is 0 Å². The quantitative estimate of drug-likeness (QED) is 0.730. The molecule has 2 aromatic rings. The Morgan fingerprint density at radius 2 is 1.77 bits per heavy atom. The normalized spacial score (nSPS) is 10.3. The lowest BCUT2D eigenvalue weighted by molar-refractivity contribution is -0.116. The van der Waals surface area contributed by atoms with Gasteiger partial charge in [-0.25, -0.2) is 14.3 Å². The van der Waals surface area contributed by atoms with Crippen LogP contribution in [0.15, 0.2) is 24.3 Å². The summed E-state index contributed by atoms with van der Waals surface area (Å²) < 4.78 is 10.7. The van der Waals surface area contributed by atoms with Crippen LogP contribution in [0, 0.1) is 0 Å². The molecule has 0 aliphatic heterocycles. The highest BCUT2D eigenvalue weighted by Gasteiger charge is 2.28. The van der Waals surface area contributed by atoms with E-state index in [9.17, 15) is 14.4 Å². The first-order chi connectivity index (χ1) is 12.5. The van der Waals surface area contributed by atoms with Crippen LogP contribution in [-0.2, 0) is 20.8 Å². The molecular weight excluding hydrogens is 364 g/mol. The second-order valence-corrected chi connectivity index (χ2v) is 5.32. The molecule has 1 amide bonds. The first-order valence-corrected chi connectivity index (χ1v) is 8.17. The van der Waals surface area contributed by atoms with Crippen molar-refractivity contribution in [1.82, 2.24) is 15.0 Å². The van der Waals surface area contributed by atoms with Crippen LogP contribution in [0.25, 0.3) is 0 Å². The second kappa shape index (κ2) is 8.95. The van der Waals surface area contributed by atoms with Gasteiger partial charge in [0.15, 0.2) is 5.69 Å². The van der Waals surface area contributed by atoms with Gasteiger partial charge < -0.3 is 14.8 Å². The summed E-state index contributed by atoms with van der Waals surface area (Å²) in [6.07, 6.45) is 0. The molecule has 9 nitrogen and oxygen atoms in total. The molecule has 0 bridgehead atoms. The van der Waals surface area contributed by atoms with Crippen molar-refractivity contribution in [2.24, 2.45) is 0 Å². The fraction of sp³-hybridized carbons (Fsp3) is 0.312. The van der Waals surface area contributed by atoms with Crippen LogP contribution in [0.5, 0.6) is 0 Å². The zero-order valence-corrected chi connectivity index (χ0v) is 14.9. The smallest absolute Gasteiger partial charge is 0.361 e. The van der Waals surface area contributed by atoms with Crippen LogP contribution in [0.2, 0.25) is 5.02 Å². The summed E-state index contributed by atoms with van der Waals surface area (Å²) in [5, 5.41) is 10.3. The van der Waals surface area contributed by atoms with E-state index in [4.69, 9.17) is 21.1 Å². The van der Waals surface area contributed by atoms with E-state index in [1.807, 2.05) is 0 Å². The minimum Gasteiger partial charge on any atom is -0.461 e. The van der Waals surface area contributed by atoms with Crippen LogP contribution in [0.3, 0.4) is 0 Å². The summed E-state index contributed by atoms with van der Waals surface area (Å²) in [6, 6.07) is 6.67. The lowest BCUT2D eigenvalue weighted by Crippen LogP contribution is -2.24. The van der Waals surface area contributed by atoms with Gasteiger partial charge in [0.25, 0.3) is 0 Å². The van der Waals surface area contributed by atoms with Crippen molar-refractivity contribution in [2.75, 3.05) is 18.5 Å². The average Bonchev–Trinajstić information content (AvgIpc) is 3.01. The molecule has 2 rings (SSSR count). The zero-order chi connectivity index (χ0) is 19.1. The Balaban J connectivity index is 2.25. The van der Waals surface area contributed by atoms with Crippen molar-refractivity contribution in [3.63, 3.8) is 0 Å². The Morgan fingerprint density at radius 3 is 2.42 bits per heavy atom. The van der Waals surface area contributed by atoms with Crippen LogP contribution < -0.4 is 5.32 Å². The van der Waals surface area contributed by atoms with Crippen molar-refractivity contribution in [3.05, 3.63) is 40.7 Å². The number of anilines is 1. The van der Waals surface area contributed by atoms with E-state index in [-0.39, 0.29) is 31.1 Å². The van der Waals surface area contributed by atoms with Gasteiger partial charge in [-0.3, -0.25) is 4.79 Å². The van der Waals surface area contributed by atoms with E-state index < -0.39 is 17.8 Å². The van der Waals surface area contributed by atoms with E-state index in [1.54, 1.807) is 38.1 Å². The number of amides is 1. The maximum atomic E-state index is 12.2. The molecule has 0 aliphatic rings. The molecule has 1 aromatic heterocycles. The SMILES string of the molecule is CCOC(=O)c1nnn(CC(=O)Nc2ccccc2Cl)c1C(=O)OCC. The van der Waals surface area contributed by atoms with Crippen molar-refractivity contribution >= 4 is 35.1 Å². The number of halogens is 1. The largest absolute Gasteiger partial charge is 0.461 e. The summed E-state index contributed by atoms with van der Waals surface area (Å²) >= 11 is 5.99. The summed E-state index contributed by atoms with van der Waals surface area (Å²) in [4.78, 5) is 36.4. The summed E-state index contributed by atoms with van der Waals surface area (Å²) in [5.74, 6) is -2.16. The third-order valence-electron chi connectivity index (χ3n) is 3.11. The number of para-hydroxylation sites is 1. The first kappa shape index (κ1) is 19.4. The number of ether oxygens (including phenoxy) is 2. The van der Waals surface area contributed by atoms with Crippen molar-refractivity contribution in [1.29, 1.82) is 0 Å². The number of nitrogens with zero attached hydrogens (tertiary/aromatic N) is 3. The van der Waals surface area contributed by atoms with E-state index in [0.29, 0.717) is 10.7 Å². The first-order valence-electron chi connectivity index (χ1n) is 7.80. The molecular formula is C16H17ClN4O5. The lowest BCUT2D eigenvalue weighted by Gasteiger charge is -2.09. The van der Waals surface area contributed by atoms with E-state index in [2.05, 4.69) is 15.6 Å². The van der Waals surface area contributed by atoms with E-state index in [1.165, 1.54) is 0 Å². The second-order valence-electron chi connectivity index (χ2n) is 4.91. The average molecular weight is 381 g/mol. The number of carbonyl (C=O) groups excluding carboxylic acids is 3. The van der Waals surface area contributed by atoms with Gasteiger partial charge >= 0.3 is 11.9 Å². The summed E-state index contributed by atoms with van der Waals surface area (Å²) in [6.45, 7) is 3.04. The zero-order valence-electron chi connectivity index (χ0n) is 14.2. The summed E-state index contributed by atoms with van der Waals surface area (Å²) in [7, 11) is 0. The van der Waals surface area contributed by atoms with Gasteiger partial charge in [0, 0.05) is 0 Å². The molecule has 0 spiro atoms. The number of benzene rings is 1. The van der Waals surface area contributed by atoms with Gasteiger partial charge in [0.05, 0.1) is 23.9 Å². The fourth-order valence-electron chi connectivity index (χ4n) is 2.05. The Labute approximate surface area is 154 Å². The van der Waals surface area contributed by atoms with Crippen LogP contribution in [0.1, 0.15) is 34.8 Å². The van der Waals surface area contributed by atoms with E-state index in [0.717, 1.165) is 4.68 Å². The molecule has 1 N–H and O–H groups in total. The predicted octanol–water partition coefficient (Wildman–Crippen LogP) is 1.92. The molecule has 0 atom stereocenters. The Kier molecular flexibility index (Phi) is 6.67. The van der Waals surface area contributed by atoms with Crippen LogP contribution >= 0.6 is 11.6 Å². The van der Waals surface area contributed by atoms with Gasteiger partial charge in [-0.2, -0.15) is 0 Å². The Hall–Kier alpha value is -2.94. The van der Waals surface area contributed by atoms with Gasteiger partial charge in [-0.05, 0) is 26.0 Å². The maximum Gasteiger partial charge on any atom is 0.361 e. The number of aromatic nitrogens is 3. The molecule has 138 valence electrons. The highest BCUT2D eigenvalue weighted by atomic mass is 35.5. The molecule has 1 aromatic carbocycles. The number of nitrogens with one attached hydrogen (secondary N) is 1. The molecule has 0 fully saturated rings. The minimum absolute atomic E-state index is 0.0814. The van der Waals surface area contributed by atoms with Gasteiger partial charge in [0.1, 0.15) is 6.54 Å². The Morgan fingerprint density at radius 1 is 1.12 bits per heavy atom. The van der Waals surface area contributed by atoms with Crippen molar-refractivity contribution in [2.45, 2.75) is 20.4 Å². The van der Waals surface area contributed by atoms with Crippen molar-refractivity contribution < 1.29 is 23.9 Å². The number of carbonyl (C=O) groups is 3. The minimum atomic E-state index is -0.828. The predicted molar refractivity (Wildman–Crippen MR) is 92.0 cm³/mol. The van der Waals surface area contributed by atoms with Crippen molar-refractivity contribution in [3.8, 4) is 0 Å². The highest BCUT2D eigenvalue weighted by molar-refractivity contribution is 6.33. The standard InChI is InChI=1S/C16H17ClN4O5/c1-3-25-15(23)13-14(16(24)26-4-2)21(20-19-13)9-12(22)18-11-8-6-5-7-10(11)17/h5-8H,3-4,9H2,1-2H3,(H,18,22). The number of hydrogen-bond donors (Lipinski definition) is 1. The molecule has 0 radical (unpaired) electrons. The number of esters is 2. The van der Waals surface area contributed by atoms with Gasteiger partial charge in [0.2, 0.25) is 11.6 Å². The Bertz CT molecular complexity index is 821. The monoisotopic (exact) mass is 380 g/mol. The molecule has 10 heteroatoms. The molecule has 0 unspecified atom stereocenters. The molecule has 0 aliphatic carbocycles. The van der Waals surface area contributed by atoms with Gasteiger partial charge in [-0.15, -0.1) is 5.10 Å². The van der Waals surface area contributed by atoms with Crippen LogP contribution in [-0.4, -0.2) is 46.1 Å². The molecule has 0 saturated carbocycles. The third-order valence-corrected chi connectivity index (χ3v) is 3.44. The fourth-order valence-corrected chi connectivity index (χ4v) is 2.23. The molecule has 0 saturated heterocycles. The lowest BCUT2D eigenvalue weighted by atomic mass is 10.3. The van der Waals surface area contributed by atoms with Gasteiger partial charge in [-0.1, -0.05) is 28.9 Å². The highest BCUT2D eigenvalue weighted by Crippen LogP contribution is 2.20. The maximum absolute atomic E-state index is 12.2. The number of hydrogen-bond acceptors (Lipinski definition) is 7. The van der Waals surface area contributed by atoms with Crippen LogP contribution in [0.4, 0.5) is 5.69 Å². The summed E-state index contributed by atoms with van der Waals surface area (Å²) in [5.41, 5.74) is -0.155. The third kappa shape index (κ3) is 4.57.